The molecule has 0 aliphatic carbocycles. The number of hydrogen-bond acceptors (Lipinski definition) is 3. The molecule has 0 bridgehead atoms. The van der Waals surface area contributed by atoms with Crippen LogP contribution in [0.5, 0.6) is 5.75 Å². The summed E-state index contributed by atoms with van der Waals surface area (Å²) in [6.45, 7) is 5.26. The molecule has 1 aliphatic heterocycles. The summed E-state index contributed by atoms with van der Waals surface area (Å²) in [5, 5.41) is 11.2. The van der Waals surface area contributed by atoms with E-state index >= 15 is 0 Å². The largest absolute Gasteiger partial charge is 0.491 e. The minimum absolute atomic E-state index is 0.519. The van der Waals surface area contributed by atoms with Crippen LogP contribution >= 0.6 is 23.2 Å². The molecule has 2 rings (SSSR count). The van der Waals surface area contributed by atoms with Gasteiger partial charge in [-0.15, -0.1) is 0 Å². The Hall–Kier alpha value is -0.480. The van der Waals surface area contributed by atoms with Crippen molar-refractivity contribution < 1.29 is 9.84 Å². The van der Waals surface area contributed by atoms with Crippen molar-refractivity contribution in [3.8, 4) is 5.75 Å². The summed E-state index contributed by atoms with van der Waals surface area (Å²) in [6.07, 6.45) is 2.71. The Morgan fingerprint density at radius 1 is 1.30 bits per heavy atom. The van der Waals surface area contributed by atoms with Crippen LogP contribution in [-0.4, -0.2) is 41.8 Å². The molecule has 1 fully saturated rings. The molecule has 1 N–H and O–H groups in total. The lowest BCUT2D eigenvalue weighted by molar-refractivity contribution is 0.0442. The smallest absolute Gasteiger partial charge is 0.138 e. The number of likely N-dealkylation sites (tertiary alicyclic amines) is 1. The topological polar surface area (TPSA) is 32.7 Å². The molecule has 0 saturated carbocycles. The van der Waals surface area contributed by atoms with E-state index in [1.807, 2.05) is 6.92 Å². The molecule has 1 heterocycles. The van der Waals surface area contributed by atoms with Crippen LogP contribution in [0.15, 0.2) is 18.2 Å². The van der Waals surface area contributed by atoms with Crippen LogP contribution in [0.25, 0.3) is 0 Å². The Labute approximate surface area is 130 Å². The maximum absolute atomic E-state index is 10.1. The number of benzene rings is 1. The average Bonchev–Trinajstić information content (AvgIpc) is 2.54. The van der Waals surface area contributed by atoms with Gasteiger partial charge >= 0.3 is 0 Å². The molecule has 20 heavy (non-hydrogen) atoms. The average molecular weight is 318 g/mol. The van der Waals surface area contributed by atoms with Crippen LogP contribution in [0.2, 0.25) is 10.0 Å². The van der Waals surface area contributed by atoms with Crippen LogP contribution < -0.4 is 4.74 Å². The Balaban J connectivity index is 1.78. The van der Waals surface area contributed by atoms with Crippen molar-refractivity contribution in [3.63, 3.8) is 0 Å². The molecule has 1 unspecified atom stereocenters. The van der Waals surface area contributed by atoms with E-state index < -0.39 is 5.60 Å². The van der Waals surface area contributed by atoms with E-state index in [-0.39, 0.29) is 0 Å². The quantitative estimate of drug-likeness (QED) is 0.920. The molecule has 0 aromatic heterocycles. The van der Waals surface area contributed by atoms with Crippen LogP contribution in [-0.2, 0) is 0 Å². The zero-order valence-electron chi connectivity index (χ0n) is 11.7. The first-order valence-corrected chi connectivity index (χ1v) is 7.74. The second kappa shape index (κ2) is 6.99. The molecule has 0 spiro atoms. The molecule has 1 atom stereocenters. The van der Waals surface area contributed by atoms with Crippen molar-refractivity contribution in [2.45, 2.75) is 31.8 Å². The molecular formula is C15H21Cl2NO2. The summed E-state index contributed by atoms with van der Waals surface area (Å²) < 4.78 is 5.69. The second-order valence-corrected chi connectivity index (χ2v) is 6.46. The first-order chi connectivity index (χ1) is 9.46. The standard InChI is InChI=1S/C15H21Cl2NO2/c1-15(19)5-2-7-18(8-6-15)9-10-20-14-4-3-12(16)11-13(14)17/h3-4,11,19H,2,5-10H2,1H3. The van der Waals surface area contributed by atoms with Crippen molar-refractivity contribution in [2.24, 2.45) is 0 Å². The van der Waals surface area contributed by atoms with Gasteiger partial charge in [-0.3, -0.25) is 4.90 Å². The number of halogens is 2. The van der Waals surface area contributed by atoms with Gasteiger partial charge in [-0.25, -0.2) is 0 Å². The number of hydrogen-bond donors (Lipinski definition) is 1. The van der Waals surface area contributed by atoms with Crippen LogP contribution in [0.1, 0.15) is 26.2 Å². The van der Waals surface area contributed by atoms with Gasteiger partial charge in [-0.1, -0.05) is 23.2 Å². The second-order valence-electron chi connectivity index (χ2n) is 5.62. The first kappa shape index (κ1) is 15.9. The molecular weight excluding hydrogens is 297 g/mol. The molecule has 0 radical (unpaired) electrons. The lowest BCUT2D eigenvalue weighted by Crippen LogP contribution is -2.31. The number of rotatable bonds is 4. The van der Waals surface area contributed by atoms with E-state index in [9.17, 15) is 5.11 Å². The maximum atomic E-state index is 10.1. The Morgan fingerprint density at radius 3 is 2.85 bits per heavy atom. The zero-order chi connectivity index (χ0) is 14.6. The Kier molecular flexibility index (Phi) is 5.56. The minimum atomic E-state index is -0.519. The highest BCUT2D eigenvalue weighted by Crippen LogP contribution is 2.27. The van der Waals surface area contributed by atoms with Gasteiger partial charge in [0.05, 0.1) is 10.6 Å². The summed E-state index contributed by atoms with van der Waals surface area (Å²) >= 11 is 11.9. The van der Waals surface area contributed by atoms with Crippen molar-refractivity contribution in [1.82, 2.24) is 4.90 Å². The maximum Gasteiger partial charge on any atom is 0.138 e. The van der Waals surface area contributed by atoms with Gasteiger partial charge in [0.1, 0.15) is 12.4 Å². The molecule has 1 aromatic rings. The molecule has 1 aromatic carbocycles. The number of aliphatic hydroxyl groups is 1. The summed E-state index contributed by atoms with van der Waals surface area (Å²) in [7, 11) is 0. The highest BCUT2D eigenvalue weighted by Gasteiger charge is 2.24. The summed E-state index contributed by atoms with van der Waals surface area (Å²) in [5.74, 6) is 0.665. The Morgan fingerprint density at radius 2 is 2.10 bits per heavy atom. The zero-order valence-corrected chi connectivity index (χ0v) is 13.3. The third-order valence-electron chi connectivity index (χ3n) is 3.72. The number of nitrogens with zero attached hydrogens (tertiary/aromatic N) is 1. The van der Waals surface area contributed by atoms with Gasteiger partial charge < -0.3 is 9.84 Å². The minimum Gasteiger partial charge on any atom is -0.491 e. The Bertz CT molecular complexity index is 451. The van der Waals surface area contributed by atoms with Gasteiger partial charge in [0.15, 0.2) is 0 Å². The van der Waals surface area contributed by atoms with E-state index in [4.69, 9.17) is 27.9 Å². The lowest BCUT2D eigenvalue weighted by atomic mass is 9.98. The fraction of sp³-hybridized carbons (Fsp3) is 0.600. The van der Waals surface area contributed by atoms with E-state index in [2.05, 4.69) is 4.90 Å². The predicted octanol–water partition coefficient (Wildman–Crippen LogP) is 3.61. The monoisotopic (exact) mass is 317 g/mol. The molecule has 1 aliphatic rings. The van der Waals surface area contributed by atoms with E-state index in [0.717, 1.165) is 38.9 Å². The van der Waals surface area contributed by atoms with Crippen molar-refractivity contribution in [1.29, 1.82) is 0 Å². The van der Waals surface area contributed by atoms with Gasteiger partial charge in [-0.05, 0) is 50.9 Å². The molecule has 3 nitrogen and oxygen atoms in total. The fourth-order valence-electron chi connectivity index (χ4n) is 2.42. The van der Waals surface area contributed by atoms with Crippen molar-refractivity contribution in [2.75, 3.05) is 26.2 Å². The van der Waals surface area contributed by atoms with Gasteiger partial charge in [0, 0.05) is 18.1 Å². The van der Waals surface area contributed by atoms with Crippen LogP contribution in [0.3, 0.4) is 0 Å². The lowest BCUT2D eigenvalue weighted by Gasteiger charge is -2.22. The molecule has 5 heteroatoms. The van der Waals surface area contributed by atoms with Crippen molar-refractivity contribution >= 4 is 23.2 Å². The molecule has 1 saturated heterocycles. The molecule has 112 valence electrons. The SMILES string of the molecule is CC1(O)CCCN(CCOc2ccc(Cl)cc2Cl)CC1. The third-order valence-corrected chi connectivity index (χ3v) is 4.25. The predicted molar refractivity (Wildman–Crippen MR) is 82.9 cm³/mol. The third kappa shape index (κ3) is 4.81. The number of ether oxygens (including phenoxy) is 1. The van der Waals surface area contributed by atoms with E-state index in [1.54, 1.807) is 18.2 Å². The highest BCUT2D eigenvalue weighted by molar-refractivity contribution is 6.35. The highest BCUT2D eigenvalue weighted by atomic mass is 35.5. The first-order valence-electron chi connectivity index (χ1n) is 6.99. The fourth-order valence-corrected chi connectivity index (χ4v) is 2.88. The molecule has 0 amide bonds. The van der Waals surface area contributed by atoms with E-state index in [0.29, 0.717) is 22.4 Å². The van der Waals surface area contributed by atoms with Gasteiger partial charge in [0.2, 0.25) is 0 Å². The summed E-state index contributed by atoms with van der Waals surface area (Å²) in [5.41, 5.74) is -0.519. The van der Waals surface area contributed by atoms with Gasteiger partial charge in [0.25, 0.3) is 0 Å². The normalized spacial score (nSPS) is 24.4. The van der Waals surface area contributed by atoms with Crippen LogP contribution in [0, 0.1) is 0 Å². The summed E-state index contributed by atoms with van der Waals surface area (Å²) in [6, 6.07) is 5.24. The summed E-state index contributed by atoms with van der Waals surface area (Å²) in [4.78, 5) is 2.32. The van der Waals surface area contributed by atoms with Crippen LogP contribution in [0.4, 0.5) is 0 Å². The van der Waals surface area contributed by atoms with Crippen molar-refractivity contribution in [3.05, 3.63) is 28.2 Å². The van der Waals surface area contributed by atoms with Gasteiger partial charge in [-0.2, -0.15) is 0 Å². The van der Waals surface area contributed by atoms with E-state index in [1.165, 1.54) is 0 Å².